The van der Waals surface area contributed by atoms with Gasteiger partial charge in [-0.25, -0.2) is 4.98 Å². The van der Waals surface area contributed by atoms with Gasteiger partial charge in [0.15, 0.2) is 0 Å². The third-order valence-corrected chi connectivity index (χ3v) is 6.28. The van der Waals surface area contributed by atoms with Gasteiger partial charge in [-0.1, -0.05) is 36.7 Å². The van der Waals surface area contributed by atoms with Gasteiger partial charge in [-0.05, 0) is 75.4 Å². The SMILES string of the molecule is C=C(C)C(=O)NCCCCCc1nc2ccccc2n1CCCOc1cc(C)c(Cl)c(C)c1. The Bertz CT molecular complexity index is 1100. The number of amides is 1. The van der Waals surface area contributed by atoms with Crippen molar-refractivity contribution >= 4 is 28.5 Å². The lowest BCUT2D eigenvalue weighted by atomic mass is 10.1. The second kappa shape index (κ2) is 11.9. The van der Waals surface area contributed by atoms with Gasteiger partial charge >= 0.3 is 0 Å². The number of carbonyl (C=O) groups is 1. The molecule has 0 aliphatic rings. The molecule has 0 atom stereocenters. The van der Waals surface area contributed by atoms with Gasteiger partial charge in [0, 0.05) is 30.1 Å². The second-order valence-corrected chi connectivity index (χ2v) is 8.97. The third-order valence-electron chi connectivity index (χ3n) is 5.69. The molecule has 33 heavy (non-hydrogen) atoms. The first-order chi connectivity index (χ1) is 15.9. The minimum absolute atomic E-state index is 0.0667. The lowest BCUT2D eigenvalue weighted by Crippen LogP contribution is -2.24. The fourth-order valence-corrected chi connectivity index (χ4v) is 4.01. The lowest BCUT2D eigenvalue weighted by Gasteiger charge is -2.12. The number of carbonyl (C=O) groups excluding carboxylic acids is 1. The van der Waals surface area contributed by atoms with Crippen LogP contribution >= 0.6 is 11.6 Å². The van der Waals surface area contributed by atoms with Gasteiger partial charge in [-0.15, -0.1) is 0 Å². The number of benzene rings is 2. The molecule has 0 fully saturated rings. The molecule has 5 nitrogen and oxygen atoms in total. The molecule has 0 radical (unpaired) electrons. The van der Waals surface area contributed by atoms with E-state index < -0.39 is 0 Å². The summed E-state index contributed by atoms with van der Waals surface area (Å²) in [6.45, 7) is 11.6. The molecule has 0 aliphatic carbocycles. The van der Waals surface area contributed by atoms with E-state index in [1.807, 2.05) is 32.0 Å². The summed E-state index contributed by atoms with van der Waals surface area (Å²) in [6.07, 6.45) is 4.83. The number of imidazole rings is 1. The lowest BCUT2D eigenvalue weighted by molar-refractivity contribution is -0.117. The van der Waals surface area contributed by atoms with E-state index in [-0.39, 0.29) is 5.91 Å². The van der Waals surface area contributed by atoms with Crippen LogP contribution in [0.5, 0.6) is 5.75 Å². The van der Waals surface area contributed by atoms with Gasteiger partial charge in [0.1, 0.15) is 11.6 Å². The Morgan fingerprint density at radius 2 is 1.85 bits per heavy atom. The van der Waals surface area contributed by atoms with Crippen LogP contribution in [-0.2, 0) is 17.8 Å². The zero-order chi connectivity index (χ0) is 23.8. The first-order valence-electron chi connectivity index (χ1n) is 11.6. The Balaban J connectivity index is 1.53. The maximum Gasteiger partial charge on any atom is 0.246 e. The third kappa shape index (κ3) is 6.84. The van der Waals surface area contributed by atoms with Crippen molar-refractivity contribution in [1.29, 1.82) is 0 Å². The molecule has 3 rings (SSSR count). The molecule has 1 heterocycles. The molecule has 0 unspecified atom stereocenters. The quantitative estimate of drug-likeness (QED) is 0.255. The number of ether oxygens (including phenoxy) is 1. The standard InChI is InChI=1S/C27H34ClN3O2/c1-19(2)27(32)29-14-9-5-6-13-25-30-23-11-7-8-12-24(23)31(25)15-10-16-33-22-17-20(3)26(28)21(4)18-22/h7-8,11-12,17-18H,1,5-6,9-10,13-16H2,2-4H3,(H,29,32). The van der Waals surface area contributed by atoms with Gasteiger partial charge < -0.3 is 14.6 Å². The van der Waals surface area contributed by atoms with Crippen molar-refractivity contribution in [2.75, 3.05) is 13.2 Å². The van der Waals surface area contributed by atoms with E-state index in [4.69, 9.17) is 21.3 Å². The van der Waals surface area contributed by atoms with Crippen molar-refractivity contribution < 1.29 is 9.53 Å². The highest BCUT2D eigenvalue weighted by molar-refractivity contribution is 6.32. The summed E-state index contributed by atoms with van der Waals surface area (Å²) in [5.74, 6) is 1.91. The Kier molecular flexibility index (Phi) is 8.95. The minimum Gasteiger partial charge on any atom is -0.494 e. The van der Waals surface area contributed by atoms with Crippen LogP contribution in [0.4, 0.5) is 0 Å². The summed E-state index contributed by atoms with van der Waals surface area (Å²) in [6, 6.07) is 12.3. The molecular formula is C27H34ClN3O2. The fraction of sp³-hybridized carbons (Fsp3) is 0.407. The monoisotopic (exact) mass is 467 g/mol. The maximum atomic E-state index is 11.6. The van der Waals surface area contributed by atoms with E-state index in [1.165, 1.54) is 5.52 Å². The predicted molar refractivity (Wildman–Crippen MR) is 136 cm³/mol. The largest absolute Gasteiger partial charge is 0.494 e. The van der Waals surface area contributed by atoms with E-state index in [0.29, 0.717) is 18.7 Å². The number of nitrogens with one attached hydrogen (secondary N) is 1. The molecule has 1 N–H and O–H groups in total. The van der Waals surface area contributed by atoms with Gasteiger partial charge in [-0.3, -0.25) is 4.79 Å². The van der Waals surface area contributed by atoms with E-state index in [1.54, 1.807) is 6.92 Å². The molecule has 1 aromatic heterocycles. The Labute approximate surface area is 201 Å². The highest BCUT2D eigenvalue weighted by Gasteiger charge is 2.11. The molecule has 176 valence electrons. The van der Waals surface area contributed by atoms with Crippen molar-refractivity contribution in [1.82, 2.24) is 14.9 Å². The molecule has 2 aromatic carbocycles. The first kappa shape index (κ1) is 24.8. The van der Waals surface area contributed by atoms with E-state index in [0.717, 1.165) is 71.9 Å². The first-order valence-corrected chi connectivity index (χ1v) is 12.0. The zero-order valence-corrected chi connectivity index (χ0v) is 20.7. The average molecular weight is 468 g/mol. The van der Waals surface area contributed by atoms with Crippen LogP contribution in [0, 0.1) is 13.8 Å². The molecule has 0 saturated carbocycles. The van der Waals surface area contributed by atoms with Crippen molar-refractivity contribution in [3.8, 4) is 5.75 Å². The Morgan fingerprint density at radius 1 is 1.12 bits per heavy atom. The number of aryl methyl sites for hydroxylation is 4. The van der Waals surface area contributed by atoms with E-state index >= 15 is 0 Å². The van der Waals surface area contributed by atoms with Crippen LogP contribution in [0.2, 0.25) is 5.02 Å². The van der Waals surface area contributed by atoms with Gasteiger partial charge in [-0.2, -0.15) is 0 Å². The molecular weight excluding hydrogens is 434 g/mol. The maximum absolute atomic E-state index is 11.6. The average Bonchev–Trinajstić information content (AvgIpc) is 3.14. The number of para-hydroxylation sites is 2. The molecule has 0 spiro atoms. The highest BCUT2D eigenvalue weighted by Crippen LogP contribution is 2.26. The summed E-state index contributed by atoms with van der Waals surface area (Å²) < 4.78 is 8.32. The summed E-state index contributed by atoms with van der Waals surface area (Å²) in [5.41, 5.74) is 4.82. The van der Waals surface area contributed by atoms with Crippen LogP contribution in [0.15, 0.2) is 48.6 Å². The summed E-state index contributed by atoms with van der Waals surface area (Å²) >= 11 is 6.26. The van der Waals surface area contributed by atoms with Gasteiger partial charge in [0.05, 0.1) is 17.6 Å². The predicted octanol–water partition coefficient (Wildman–Crippen LogP) is 6.18. The smallest absolute Gasteiger partial charge is 0.246 e. The molecule has 0 saturated heterocycles. The number of hydrogen-bond acceptors (Lipinski definition) is 3. The van der Waals surface area contributed by atoms with Gasteiger partial charge in [0.25, 0.3) is 0 Å². The number of aromatic nitrogens is 2. The molecule has 0 aliphatic heterocycles. The number of hydrogen-bond donors (Lipinski definition) is 1. The van der Waals surface area contributed by atoms with Crippen molar-refractivity contribution in [2.45, 2.75) is 59.4 Å². The second-order valence-electron chi connectivity index (χ2n) is 8.59. The number of rotatable bonds is 12. The molecule has 3 aromatic rings. The molecule has 6 heteroatoms. The molecule has 1 amide bonds. The van der Waals surface area contributed by atoms with Crippen molar-refractivity contribution in [3.05, 3.63) is 70.5 Å². The van der Waals surface area contributed by atoms with E-state index in [9.17, 15) is 4.79 Å². The van der Waals surface area contributed by atoms with E-state index in [2.05, 4.69) is 34.7 Å². The van der Waals surface area contributed by atoms with Crippen LogP contribution in [0.1, 0.15) is 49.6 Å². The van der Waals surface area contributed by atoms with Crippen molar-refractivity contribution in [2.24, 2.45) is 0 Å². The summed E-state index contributed by atoms with van der Waals surface area (Å²) in [5, 5.41) is 3.69. The van der Waals surface area contributed by atoms with Crippen LogP contribution in [0.3, 0.4) is 0 Å². The number of nitrogens with zero attached hydrogens (tertiary/aromatic N) is 2. The molecule has 0 bridgehead atoms. The van der Waals surface area contributed by atoms with Crippen LogP contribution in [-0.4, -0.2) is 28.6 Å². The summed E-state index contributed by atoms with van der Waals surface area (Å²) in [7, 11) is 0. The number of fused-ring (bicyclic) bond motifs is 1. The van der Waals surface area contributed by atoms with Crippen LogP contribution in [0.25, 0.3) is 11.0 Å². The Morgan fingerprint density at radius 3 is 2.58 bits per heavy atom. The normalized spacial score (nSPS) is 11.0. The minimum atomic E-state index is -0.0667. The number of halogens is 1. The fourth-order valence-electron chi connectivity index (χ4n) is 3.91. The van der Waals surface area contributed by atoms with Gasteiger partial charge in [0.2, 0.25) is 5.91 Å². The number of unbranched alkanes of at least 4 members (excludes halogenated alkanes) is 2. The zero-order valence-electron chi connectivity index (χ0n) is 19.9. The Hall–Kier alpha value is -2.79. The highest BCUT2D eigenvalue weighted by atomic mass is 35.5. The summed E-state index contributed by atoms with van der Waals surface area (Å²) in [4.78, 5) is 16.4. The van der Waals surface area contributed by atoms with Crippen molar-refractivity contribution in [3.63, 3.8) is 0 Å². The topological polar surface area (TPSA) is 56.2 Å². The van der Waals surface area contributed by atoms with Crippen LogP contribution < -0.4 is 10.1 Å².